The van der Waals surface area contributed by atoms with Crippen LogP contribution in [0.1, 0.15) is 10.5 Å². The van der Waals surface area contributed by atoms with E-state index >= 15 is 0 Å². The van der Waals surface area contributed by atoms with E-state index in [1.54, 1.807) is 0 Å². The van der Waals surface area contributed by atoms with E-state index in [0.29, 0.717) is 4.91 Å². The van der Waals surface area contributed by atoms with Gasteiger partial charge in [-0.05, 0) is 20.2 Å². The molecule has 1 heterocycles. The molecule has 0 saturated heterocycles. The van der Waals surface area contributed by atoms with E-state index in [0.717, 1.165) is 11.4 Å². The van der Waals surface area contributed by atoms with Gasteiger partial charge in [0.05, 0.1) is 16.1 Å². The molecule has 1 aromatic heterocycles. The first-order chi connectivity index (χ1) is 12.6. The Hall–Kier alpha value is -1.49. The predicted molar refractivity (Wildman–Crippen MR) is 126 cm³/mol. The fourth-order valence-corrected chi connectivity index (χ4v) is 23.1. The van der Waals surface area contributed by atoms with Crippen molar-refractivity contribution in [3.05, 3.63) is 60.2 Å². The second-order valence-electron chi connectivity index (χ2n) is 9.52. The number of hydrogen-bond acceptors (Lipinski definition) is 2. The molecule has 1 atom stereocenters. The maximum atomic E-state index is 5.34. The molecule has 3 aromatic rings. The van der Waals surface area contributed by atoms with Crippen molar-refractivity contribution in [1.29, 1.82) is 0 Å². The molecular formula is C22H31N2PSi2. The molecule has 0 aliphatic heterocycles. The Morgan fingerprint density at radius 1 is 0.778 bits per heavy atom. The van der Waals surface area contributed by atoms with Crippen molar-refractivity contribution in [1.82, 2.24) is 9.73 Å². The van der Waals surface area contributed by atoms with Crippen LogP contribution in [-0.4, -0.2) is 25.9 Å². The Balaban J connectivity index is 2.28. The van der Waals surface area contributed by atoms with Gasteiger partial charge in [-0.3, -0.25) is 0 Å². The zero-order valence-corrected chi connectivity index (χ0v) is 20.5. The molecule has 0 bridgehead atoms. The fraction of sp³-hybridized carbons (Fsp3) is 0.364. The van der Waals surface area contributed by atoms with E-state index in [4.69, 9.17) is 9.73 Å². The number of hydrogen-bond donors (Lipinski definition) is 0. The zero-order chi connectivity index (χ0) is 19.8. The van der Waals surface area contributed by atoms with Gasteiger partial charge in [-0.25, -0.2) is 9.73 Å². The summed E-state index contributed by atoms with van der Waals surface area (Å²) in [5.74, 6) is 0.932. The van der Waals surface area contributed by atoms with E-state index in [9.17, 15) is 0 Å². The van der Waals surface area contributed by atoms with Crippen LogP contribution in [0.15, 0.2) is 54.6 Å². The Kier molecular flexibility index (Phi) is 5.63. The summed E-state index contributed by atoms with van der Waals surface area (Å²) in [6.07, 6.45) is 0. The van der Waals surface area contributed by atoms with Crippen LogP contribution in [0.3, 0.4) is 0 Å². The third-order valence-electron chi connectivity index (χ3n) is 4.93. The van der Waals surface area contributed by atoms with Crippen molar-refractivity contribution in [2.75, 3.05) is 0 Å². The smallest absolute Gasteiger partial charge is 0.163 e. The van der Waals surface area contributed by atoms with Crippen molar-refractivity contribution >= 4 is 23.8 Å². The van der Waals surface area contributed by atoms with Gasteiger partial charge < -0.3 is 0 Å². The van der Waals surface area contributed by atoms with E-state index in [1.807, 2.05) is 0 Å². The van der Waals surface area contributed by atoms with E-state index < -0.39 is 23.8 Å². The molecular weight excluding hydrogens is 379 g/mol. The van der Waals surface area contributed by atoms with Crippen LogP contribution in [0.2, 0.25) is 39.3 Å². The molecule has 0 saturated carbocycles. The van der Waals surface area contributed by atoms with Gasteiger partial charge in [0.1, 0.15) is 5.43 Å². The number of aromatic nitrogens is 2. The topological polar surface area (TPSA) is 25.8 Å². The Morgan fingerprint density at radius 3 is 1.89 bits per heavy atom. The second kappa shape index (κ2) is 7.50. The molecule has 3 rings (SSSR count). The number of rotatable bonds is 5. The summed E-state index contributed by atoms with van der Waals surface area (Å²) in [6, 6.07) is 19.2. The van der Waals surface area contributed by atoms with E-state index in [2.05, 4.69) is 101 Å². The van der Waals surface area contributed by atoms with Crippen LogP contribution >= 0.6 is 7.69 Å². The first-order valence-corrected chi connectivity index (χ1v) is 18.2. The van der Waals surface area contributed by atoms with Gasteiger partial charge in [0.25, 0.3) is 0 Å². The van der Waals surface area contributed by atoms with Crippen molar-refractivity contribution in [2.45, 2.75) is 51.1 Å². The third kappa shape index (κ3) is 4.34. The number of aryl methyl sites for hydroxylation is 1. The van der Waals surface area contributed by atoms with Crippen LogP contribution in [0, 0.1) is 6.92 Å². The largest absolute Gasteiger partial charge is 0.222 e. The molecule has 1 unspecified atom stereocenters. The molecule has 0 radical (unpaired) electrons. The van der Waals surface area contributed by atoms with Crippen LogP contribution in [-0.2, 0) is 0 Å². The Labute approximate surface area is 167 Å². The highest BCUT2D eigenvalue weighted by Gasteiger charge is 2.42. The lowest BCUT2D eigenvalue weighted by atomic mass is 10.1. The van der Waals surface area contributed by atoms with Gasteiger partial charge in [-0.15, -0.1) is 0 Å². The van der Waals surface area contributed by atoms with Gasteiger partial charge in [0, 0.05) is 16.0 Å². The lowest BCUT2D eigenvalue weighted by Crippen LogP contribution is -2.43. The Morgan fingerprint density at radius 2 is 1.33 bits per heavy atom. The average molecular weight is 411 g/mol. The van der Waals surface area contributed by atoms with E-state index in [-0.39, 0.29) is 0 Å². The van der Waals surface area contributed by atoms with Gasteiger partial charge in [-0.2, -0.15) is 0 Å². The Bertz CT molecular complexity index is 907. The zero-order valence-electron chi connectivity index (χ0n) is 17.6. The summed E-state index contributed by atoms with van der Waals surface area (Å²) < 4.78 is 5.34. The summed E-state index contributed by atoms with van der Waals surface area (Å²) in [4.78, 5) is 5.87. The standard InChI is InChI=1S/C22H31N2PSi2/c1-17-13-11-12-16-19(17)21-23-20(18-14-9-8-10-15-18)24-25(21)22(26(2,3)4)27(5,6)7/h8-16,22H,1-7H3. The van der Waals surface area contributed by atoms with Gasteiger partial charge in [0.15, 0.2) is 5.82 Å². The maximum Gasteiger partial charge on any atom is 0.163 e. The number of benzene rings is 2. The fourth-order valence-electron chi connectivity index (χ4n) is 4.25. The van der Waals surface area contributed by atoms with Crippen LogP contribution in [0.4, 0.5) is 0 Å². The van der Waals surface area contributed by atoms with Gasteiger partial charge in [0.2, 0.25) is 0 Å². The normalized spacial score (nSPS) is 13.3. The lowest BCUT2D eigenvalue weighted by molar-refractivity contribution is 1.31. The molecule has 0 aliphatic carbocycles. The molecule has 2 aromatic carbocycles. The molecule has 0 spiro atoms. The van der Waals surface area contributed by atoms with Crippen molar-refractivity contribution in [3.8, 4) is 22.4 Å². The molecule has 142 valence electrons. The van der Waals surface area contributed by atoms with Crippen LogP contribution in [0.25, 0.3) is 22.4 Å². The molecule has 0 fully saturated rings. The molecule has 0 amide bonds. The lowest BCUT2D eigenvalue weighted by Gasteiger charge is -2.38. The minimum atomic E-state index is -1.41. The first kappa shape index (κ1) is 20.3. The number of nitrogens with zero attached hydrogens (tertiary/aromatic N) is 2. The average Bonchev–Trinajstić information content (AvgIpc) is 2.97. The SMILES string of the molecule is Cc1ccccc1-c1nc(-c2ccccc2)np1C([Si](C)(C)C)[Si](C)(C)C. The van der Waals surface area contributed by atoms with Crippen molar-refractivity contribution < 1.29 is 0 Å². The van der Waals surface area contributed by atoms with Gasteiger partial charge >= 0.3 is 0 Å². The first-order valence-electron chi connectivity index (χ1n) is 9.67. The minimum Gasteiger partial charge on any atom is -0.222 e. The molecule has 0 aliphatic rings. The van der Waals surface area contributed by atoms with Gasteiger partial charge in [-0.1, -0.05) is 93.9 Å². The summed E-state index contributed by atoms with van der Waals surface area (Å²) in [5, 5.41) is 0. The minimum absolute atomic E-state index is 0.642. The third-order valence-corrected chi connectivity index (χ3v) is 21.2. The predicted octanol–water partition coefficient (Wildman–Crippen LogP) is 7.40. The van der Waals surface area contributed by atoms with E-state index in [1.165, 1.54) is 16.6 Å². The molecule has 5 heteroatoms. The van der Waals surface area contributed by atoms with Crippen molar-refractivity contribution in [3.63, 3.8) is 0 Å². The summed E-state index contributed by atoms with van der Waals surface area (Å²) in [6.45, 7) is 17.3. The molecule has 0 N–H and O–H groups in total. The second-order valence-corrected chi connectivity index (χ2v) is 23.5. The van der Waals surface area contributed by atoms with Crippen LogP contribution in [0.5, 0.6) is 0 Å². The summed E-state index contributed by atoms with van der Waals surface area (Å²) in [5.41, 5.74) is 4.98. The molecule has 2 nitrogen and oxygen atoms in total. The quantitative estimate of drug-likeness (QED) is 0.409. The van der Waals surface area contributed by atoms with Crippen molar-refractivity contribution in [2.24, 2.45) is 0 Å². The summed E-state index contributed by atoms with van der Waals surface area (Å²) >= 11 is 0. The summed E-state index contributed by atoms with van der Waals surface area (Å²) in [7, 11) is -3.46. The van der Waals surface area contributed by atoms with Crippen LogP contribution < -0.4 is 0 Å². The highest BCUT2D eigenvalue weighted by atomic mass is 31.1. The highest BCUT2D eigenvalue weighted by Crippen LogP contribution is 2.55. The molecule has 27 heavy (non-hydrogen) atoms. The maximum absolute atomic E-state index is 5.34. The monoisotopic (exact) mass is 410 g/mol. The highest BCUT2D eigenvalue weighted by molar-refractivity contribution is 7.56.